The number of ether oxygens (including phenoxy) is 1. The highest BCUT2D eigenvalue weighted by molar-refractivity contribution is 7.98. The maximum Gasteiger partial charge on any atom is 0.256 e. The Morgan fingerprint density at radius 2 is 2.00 bits per heavy atom. The molecule has 0 fully saturated rings. The molecule has 2 aromatic carbocycles. The van der Waals surface area contributed by atoms with Crippen LogP contribution in [0.5, 0.6) is 0 Å². The Balaban J connectivity index is 1.55. The van der Waals surface area contributed by atoms with Crippen molar-refractivity contribution in [1.82, 2.24) is 15.1 Å². The molecular weight excluding hydrogens is 388 g/mol. The van der Waals surface area contributed by atoms with Crippen molar-refractivity contribution in [3.05, 3.63) is 59.3 Å². The molecule has 4 rings (SSSR count). The number of nitrogens with zero attached hydrogens (tertiary/aromatic N) is 2. The molecule has 1 aromatic heterocycles. The molecule has 2 heterocycles. The molecule has 3 aromatic rings. The normalized spacial score (nSPS) is 12.7. The van der Waals surface area contributed by atoms with Crippen molar-refractivity contribution in [2.45, 2.75) is 18.1 Å². The van der Waals surface area contributed by atoms with Crippen molar-refractivity contribution in [2.24, 2.45) is 0 Å². The van der Waals surface area contributed by atoms with Crippen LogP contribution in [0.15, 0.2) is 42.5 Å². The Kier molecular flexibility index (Phi) is 5.82. The summed E-state index contributed by atoms with van der Waals surface area (Å²) in [5.74, 6) is 1.78. The quantitative estimate of drug-likeness (QED) is 0.585. The van der Waals surface area contributed by atoms with E-state index in [0.29, 0.717) is 24.5 Å². The zero-order valence-corrected chi connectivity index (χ0v) is 16.9. The average Bonchev–Trinajstić information content (AvgIpc) is 3.30. The number of methoxy groups -OCH3 is 1. The van der Waals surface area contributed by atoms with Gasteiger partial charge in [0.2, 0.25) is 5.91 Å². The predicted molar refractivity (Wildman–Crippen MR) is 114 cm³/mol. The number of fused-ring (bicyclic) bond motifs is 2. The summed E-state index contributed by atoms with van der Waals surface area (Å²) in [4.78, 5) is 25.2. The first kappa shape index (κ1) is 19.5. The highest BCUT2D eigenvalue weighted by Crippen LogP contribution is 2.35. The minimum atomic E-state index is -0.212. The van der Waals surface area contributed by atoms with Crippen molar-refractivity contribution >= 4 is 40.2 Å². The van der Waals surface area contributed by atoms with Gasteiger partial charge in [-0.2, -0.15) is 16.9 Å². The molecule has 0 atom stereocenters. The molecule has 2 amide bonds. The van der Waals surface area contributed by atoms with E-state index in [1.807, 2.05) is 42.5 Å². The van der Waals surface area contributed by atoms with E-state index >= 15 is 0 Å². The van der Waals surface area contributed by atoms with Crippen LogP contribution in [-0.2, 0) is 27.6 Å². The molecule has 0 aliphatic carbocycles. The lowest BCUT2D eigenvalue weighted by Gasteiger charge is -2.12. The second kappa shape index (κ2) is 8.67. The molecule has 0 spiro atoms. The van der Waals surface area contributed by atoms with Gasteiger partial charge >= 0.3 is 0 Å². The first-order valence-electron chi connectivity index (χ1n) is 9.38. The number of carbonyl (C=O) groups is 2. The predicted octanol–water partition coefficient (Wildman–Crippen LogP) is 2.80. The SMILES string of the molecule is COCCNC(=O)Cn1nc2c(c1NC(=O)c1ccc3ccccc3c1)CSC2. The minimum Gasteiger partial charge on any atom is -0.383 e. The van der Waals surface area contributed by atoms with Crippen molar-refractivity contribution in [3.63, 3.8) is 0 Å². The van der Waals surface area contributed by atoms with Crippen molar-refractivity contribution in [2.75, 3.05) is 25.6 Å². The Bertz CT molecular complexity index is 1060. The number of hydrogen-bond donors (Lipinski definition) is 2. The van der Waals surface area contributed by atoms with E-state index in [2.05, 4.69) is 15.7 Å². The molecule has 2 N–H and O–H groups in total. The molecule has 150 valence electrons. The second-order valence-corrected chi connectivity index (χ2v) is 7.77. The molecule has 1 aliphatic rings. The van der Waals surface area contributed by atoms with Crippen LogP contribution in [0.25, 0.3) is 10.8 Å². The first-order chi connectivity index (χ1) is 14.2. The summed E-state index contributed by atoms with van der Waals surface area (Å²) in [7, 11) is 1.59. The summed E-state index contributed by atoms with van der Waals surface area (Å²) < 4.78 is 6.54. The van der Waals surface area contributed by atoms with Gasteiger partial charge in [-0.3, -0.25) is 9.59 Å². The van der Waals surface area contributed by atoms with E-state index in [9.17, 15) is 9.59 Å². The molecular formula is C21H22N4O3S. The van der Waals surface area contributed by atoms with Gasteiger partial charge < -0.3 is 15.4 Å². The number of carbonyl (C=O) groups excluding carboxylic acids is 2. The summed E-state index contributed by atoms with van der Waals surface area (Å²) in [6, 6.07) is 13.5. The Hall–Kier alpha value is -2.84. The maximum absolute atomic E-state index is 12.9. The van der Waals surface area contributed by atoms with E-state index in [0.717, 1.165) is 33.5 Å². The van der Waals surface area contributed by atoms with Gasteiger partial charge in [0.15, 0.2) is 0 Å². The highest BCUT2D eigenvalue weighted by Gasteiger charge is 2.25. The van der Waals surface area contributed by atoms with E-state index in [1.165, 1.54) is 0 Å². The van der Waals surface area contributed by atoms with Crippen molar-refractivity contribution in [3.8, 4) is 0 Å². The van der Waals surface area contributed by atoms with Gasteiger partial charge in [0, 0.05) is 36.3 Å². The lowest BCUT2D eigenvalue weighted by molar-refractivity contribution is -0.122. The van der Waals surface area contributed by atoms with Gasteiger partial charge in [0.25, 0.3) is 5.91 Å². The molecule has 0 saturated heterocycles. The van der Waals surface area contributed by atoms with Crippen LogP contribution in [-0.4, -0.2) is 41.9 Å². The third-order valence-corrected chi connectivity index (χ3v) is 5.75. The number of amides is 2. The molecule has 7 nitrogen and oxygen atoms in total. The number of thioether (sulfide) groups is 1. The van der Waals surface area contributed by atoms with Crippen molar-refractivity contribution in [1.29, 1.82) is 0 Å². The van der Waals surface area contributed by atoms with Gasteiger partial charge in [0.05, 0.1) is 12.3 Å². The number of anilines is 1. The fraction of sp³-hybridized carbons (Fsp3) is 0.286. The van der Waals surface area contributed by atoms with E-state index in [-0.39, 0.29) is 18.4 Å². The second-order valence-electron chi connectivity index (χ2n) is 6.78. The van der Waals surface area contributed by atoms with E-state index < -0.39 is 0 Å². The molecule has 0 radical (unpaired) electrons. The largest absolute Gasteiger partial charge is 0.383 e. The fourth-order valence-corrected chi connectivity index (χ4v) is 4.35. The summed E-state index contributed by atoms with van der Waals surface area (Å²) in [5.41, 5.74) is 2.49. The molecule has 0 unspecified atom stereocenters. The van der Waals surface area contributed by atoms with Crippen LogP contribution < -0.4 is 10.6 Å². The molecule has 1 aliphatic heterocycles. The summed E-state index contributed by atoms with van der Waals surface area (Å²) in [6.45, 7) is 0.934. The summed E-state index contributed by atoms with van der Waals surface area (Å²) in [6.07, 6.45) is 0. The average molecular weight is 410 g/mol. The van der Waals surface area contributed by atoms with E-state index in [1.54, 1.807) is 23.6 Å². The fourth-order valence-electron chi connectivity index (χ4n) is 3.32. The third-order valence-electron chi connectivity index (χ3n) is 4.78. The van der Waals surface area contributed by atoms with Gasteiger partial charge in [-0.1, -0.05) is 30.3 Å². The van der Waals surface area contributed by atoms with Crippen LogP contribution in [0, 0.1) is 0 Å². The zero-order valence-electron chi connectivity index (χ0n) is 16.1. The van der Waals surface area contributed by atoms with Crippen LogP contribution in [0.2, 0.25) is 0 Å². The lowest BCUT2D eigenvalue weighted by Crippen LogP contribution is -2.31. The first-order valence-corrected chi connectivity index (χ1v) is 10.5. The number of aromatic nitrogens is 2. The van der Waals surface area contributed by atoms with Gasteiger partial charge in [-0.05, 0) is 22.9 Å². The third kappa shape index (κ3) is 4.28. The number of benzene rings is 2. The highest BCUT2D eigenvalue weighted by atomic mass is 32.2. The van der Waals surface area contributed by atoms with E-state index in [4.69, 9.17) is 4.74 Å². The minimum absolute atomic E-state index is 0.0503. The number of hydrogen-bond acceptors (Lipinski definition) is 5. The van der Waals surface area contributed by atoms with Crippen LogP contribution in [0.1, 0.15) is 21.6 Å². The van der Waals surface area contributed by atoms with Gasteiger partial charge in [0.1, 0.15) is 12.4 Å². The Morgan fingerprint density at radius 1 is 1.17 bits per heavy atom. The number of nitrogens with one attached hydrogen (secondary N) is 2. The zero-order chi connectivity index (χ0) is 20.2. The van der Waals surface area contributed by atoms with Crippen molar-refractivity contribution < 1.29 is 14.3 Å². The Morgan fingerprint density at radius 3 is 2.83 bits per heavy atom. The monoisotopic (exact) mass is 410 g/mol. The molecule has 0 saturated carbocycles. The van der Waals surface area contributed by atoms with Crippen LogP contribution in [0.3, 0.4) is 0 Å². The summed E-state index contributed by atoms with van der Waals surface area (Å²) in [5, 5.41) is 12.4. The Labute approximate surface area is 172 Å². The maximum atomic E-state index is 12.9. The molecule has 0 bridgehead atoms. The topological polar surface area (TPSA) is 85.2 Å². The number of rotatable bonds is 7. The van der Waals surface area contributed by atoms with Gasteiger partial charge in [-0.25, -0.2) is 4.68 Å². The van der Waals surface area contributed by atoms with Crippen LogP contribution >= 0.6 is 11.8 Å². The van der Waals surface area contributed by atoms with Gasteiger partial charge in [-0.15, -0.1) is 0 Å². The molecule has 29 heavy (non-hydrogen) atoms. The summed E-state index contributed by atoms with van der Waals surface area (Å²) >= 11 is 1.75. The smallest absolute Gasteiger partial charge is 0.256 e. The standard InChI is InChI=1S/C21H22N4O3S/c1-28-9-8-22-19(26)11-25-20(17-12-29-13-18(17)24-25)23-21(27)16-7-6-14-4-2-3-5-15(14)10-16/h2-7,10H,8-9,11-13H2,1H3,(H,22,26)(H,23,27). The lowest BCUT2D eigenvalue weighted by atomic mass is 10.1. The van der Waals surface area contributed by atoms with Crippen LogP contribution in [0.4, 0.5) is 5.82 Å². The molecule has 8 heteroatoms.